The number of hydrogen-bond acceptors (Lipinski definition) is 4. The standard InChI is InChI=1S/C20H30N4O/c1-16(2)6-10-23-9-4-7-20(14-23)8-5-19(25)24(15-20)13-18-12-21-17(3)11-22-18/h6,11-12H,4-5,7-10,13-15H2,1-3H3/t20-/m1/s1. The largest absolute Gasteiger partial charge is 0.336 e. The van der Waals surface area contributed by atoms with E-state index < -0.39 is 0 Å². The number of carbonyl (C=O) groups is 1. The first-order valence-corrected chi connectivity index (χ1v) is 9.37. The van der Waals surface area contributed by atoms with Crippen molar-refractivity contribution in [1.82, 2.24) is 19.8 Å². The van der Waals surface area contributed by atoms with Crippen LogP contribution in [0, 0.1) is 12.3 Å². The molecule has 1 aromatic heterocycles. The Bertz CT molecular complexity index is 636. The zero-order valence-electron chi connectivity index (χ0n) is 15.8. The molecule has 0 aromatic carbocycles. The van der Waals surface area contributed by atoms with E-state index in [-0.39, 0.29) is 11.3 Å². The van der Waals surface area contributed by atoms with E-state index in [2.05, 4.69) is 34.8 Å². The van der Waals surface area contributed by atoms with E-state index in [4.69, 9.17) is 0 Å². The number of piperidine rings is 2. The van der Waals surface area contributed by atoms with Gasteiger partial charge >= 0.3 is 0 Å². The number of nitrogens with zero attached hydrogens (tertiary/aromatic N) is 4. The van der Waals surface area contributed by atoms with Gasteiger partial charge in [0.25, 0.3) is 0 Å². The van der Waals surface area contributed by atoms with Gasteiger partial charge in [-0.05, 0) is 46.6 Å². The predicted molar refractivity (Wildman–Crippen MR) is 99.0 cm³/mol. The summed E-state index contributed by atoms with van der Waals surface area (Å²) in [6, 6.07) is 0. The van der Waals surface area contributed by atoms with Gasteiger partial charge in [-0.3, -0.25) is 19.7 Å². The van der Waals surface area contributed by atoms with Gasteiger partial charge in [0, 0.05) is 37.7 Å². The van der Waals surface area contributed by atoms with Gasteiger partial charge in [0.1, 0.15) is 0 Å². The Kier molecular flexibility index (Phi) is 5.52. The summed E-state index contributed by atoms with van der Waals surface area (Å²) < 4.78 is 0. The molecule has 25 heavy (non-hydrogen) atoms. The van der Waals surface area contributed by atoms with Gasteiger partial charge in [-0.25, -0.2) is 0 Å². The Hall–Kier alpha value is -1.75. The first-order valence-electron chi connectivity index (χ1n) is 9.37. The van der Waals surface area contributed by atoms with Gasteiger partial charge in [0.05, 0.1) is 24.1 Å². The van der Waals surface area contributed by atoms with Crippen LogP contribution in [-0.2, 0) is 11.3 Å². The average molecular weight is 342 g/mol. The molecule has 0 aliphatic carbocycles. The van der Waals surface area contributed by atoms with Gasteiger partial charge in [-0.15, -0.1) is 0 Å². The number of amides is 1. The number of carbonyl (C=O) groups excluding carboxylic acids is 1. The van der Waals surface area contributed by atoms with E-state index >= 15 is 0 Å². The van der Waals surface area contributed by atoms with Crippen LogP contribution in [0.5, 0.6) is 0 Å². The molecule has 1 atom stereocenters. The lowest BCUT2D eigenvalue weighted by Gasteiger charge is -2.48. The molecular formula is C20H30N4O. The molecule has 5 nitrogen and oxygen atoms in total. The summed E-state index contributed by atoms with van der Waals surface area (Å²) in [5.41, 5.74) is 3.42. The number of rotatable bonds is 4. The maximum atomic E-state index is 12.4. The van der Waals surface area contributed by atoms with Gasteiger partial charge in [0.15, 0.2) is 0 Å². The second-order valence-corrected chi connectivity index (χ2v) is 8.02. The normalized spacial score (nSPS) is 24.6. The van der Waals surface area contributed by atoms with Crippen LogP contribution in [0.1, 0.15) is 50.9 Å². The second kappa shape index (κ2) is 7.65. The summed E-state index contributed by atoms with van der Waals surface area (Å²) in [7, 11) is 0. The molecule has 1 amide bonds. The van der Waals surface area contributed by atoms with Crippen molar-refractivity contribution in [3.05, 3.63) is 35.4 Å². The number of likely N-dealkylation sites (tertiary alicyclic amines) is 2. The monoisotopic (exact) mass is 342 g/mol. The van der Waals surface area contributed by atoms with Crippen LogP contribution >= 0.6 is 0 Å². The molecule has 2 fully saturated rings. The molecule has 0 N–H and O–H groups in total. The van der Waals surface area contributed by atoms with Crippen molar-refractivity contribution in [3.8, 4) is 0 Å². The Morgan fingerprint density at radius 1 is 1.24 bits per heavy atom. The van der Waals surface area contributed by atoms with E-state index in [9.17, 15) is 4.79 Å². The maximum Gasteiger partial charge on any atom is 0.222 e. The summed E-state index contributed by atoms with van der Waals surface area (Å²) >= 11 is 0. The van der Waals surface area contributed by atoms with Crippen LogP contribution in [0.15, 0.2) is 24.0 Å². The third-order valence-corrected chi connectivity index (χ3v) is 5.43. The minimum atomic E-state index is 0.250. The van der Waals surface area contributed by atoms with Crippen LogP contribution < -0.4 is 0 Å². The van der Waals surface area contributed by atoms with E-state index in [0.29, 0.717) is 13.0 Å². The van der Waals surface area contributed by atoms with Crippen molar-refractivity contribution < 1.29 is 4.79 Å². The topological polar surface area (TPSA) is 49.3 Å². The summed E-state index contributed by atoms with van der Waals surface area (Å²) in [5.74, 6) is 0.259. The van der Waals surface area contributed by atoms with Crippen molar-refractivity contribution in [2.24, 2.45) is 5.41 Å². The Morgan fingerprint density at radius 2 is 2.08 bits per heavy atom. The third-order valence-electron chi connectivity index (χ3n) is 5.43. The molecule has 0 saturated carbocycles. The lowest BCUT2D eigenvalue weighted by molar-refractivity contribution is -0.140. The first-order chi connectivity index (χ1) is 12.0. The van der Waals surface area contributed by atoms with Crippen LogP contribution in [0.25, 0.3) is 0 Å². The molecule has 0 unspecified atom stereocenters. The molecule has 2 saturated heterocycles. The summed E-state index contributed by atoms with van der Waals surface area (Å²) in [6.07, 6.45) is 10.0. The van der Waals surface area contributed by atoms with E-state index in [1.807, 2.05) is 11.8 Å². The van der Waals surface area contributed by atoms with Crippen LogP contribution in [0.2, 0.25) is 0 Å². The van der Waals surface area contributed by atoms with Gasteiger partial charge in [-0.2, -0.15) is 0 Å². The molecule has 1 aromatic rings. The number of hydrogen-bond donors (Lipinski definition) is 0. The Morgan fingerprint density at radius 3 is 2.80 bits per heavy atom. The van der Waals surface area contributed by atoms with Crippen molar-refractivity contribution in [3.63, 3.8) is 0 Å². The minimum absolute atomic E-state index is 0.250. The molecule has 136 valence electrons. The van der Waals surface area contributed by atoms with Gasteiger partial charge < -0.3 is 4.90 Å². The fourth-order valence-electron chi connectivity index (χ4n) is 4.05. The smallest absolute Gasteiger partial charge is 0.222 e. The van der Waals surface area contributed by atoms with Crippen molar-refractivity contribution >= 4 is 5.91 Å². The molecule has 0 radical (unpaired) electrons. The van der Waals surface area contributed by atoms with E-state index in [1.165, 1.54) is 25.0 Å². The lowest BCUT2D eigenvalue weighted by atomic mass is 9.73. The lowest BCUT2D eigenvalue weighted by Crippen LogP contribution is -2.53. The van der Waals surface area contributed by atoms with Crippen LogP contribution in [0.3, 0.4) is 0 Å². The molecule has 0 bridgehead atoms. The van der Waals surface area contributed by atoms with Crippen molar-refractivity contribution in [1.29, 1.82) is 0 Å². The molecule has 3 heterocycles. The summed E-state index contributed by atoms with van der Waals surface area (Å²) in [5, 5.41) is 0. The molecule has 2 aliphatic rings. The fraction of sp³-hybridized carbons (Fsp3) is 0.650. The average Bonchev–Trinajstić information content (AvgIpc) is 2.59. The fourth-order valence-corrected chi connectivity index (χ4v) is 4.05. The highest BCUT2D eigenvalue weighted by Crippen LogP contribution is 2.39. The highest BCUT2D eigenvalue weighted by atomic mass is 16.2. The number of allylic oxidation sites excluding steroid dienone is 1. The predicted octanol–water partition coefficient (Wildman–Crippen LogP) is 2.96. The van der Waals surface area contributed by atoms with E-state index in [1.54, 1.807) is 12.4 Å². The quantitative estimate of drug-likeness (QED) is 0.790. The number of aromatic nitrogens is 2. The first kappa shape index (κ1) is 18.1. The molecular weight excluding hydrogens is 312 g/mol. The SMILES string of the molecule is CC(C)=CCN1CCC[C@@]2(CCC(=O)N(Cc3cnc(C)cn3)C2)C1. The third kappa shape index (κ3) is 4.66. The van der Waals surface area contributed by atoms with Crippen molar-refractivity contribution in [2.75, 3.05) is 26.2 Å². The minimum Gasteiger partial charge on any atom is -0.336 e. The number of aryl methyl sites for hydroxylation is 1. The Balaban J connectivity index is 1.67. The zero-order valence-corrected chi connectivity index (χ0v) is 15.8. The molecule has 2 aliphatic heterocycles. The summed E-state index contributed by atoms with van der Waals surface area (Å²) in [6.45, 7) is 11.0. The van der Waals surface area contributed by atoms with Crippen LogP contribution in [-0.4, -0.2) is 51.9 Å². The second-order valence-electron chi connectivity index (χ2n) is 8.02. The summed E-state index contributed by atoms with van der Waals surface area (Å²) in [4.78, 5) is 25.7. The Labute approximate surface area is 151 Å². The van der Waals surface area contributed by atoms with Gasteiger partial charge in [-0.1, -0.05) is 11.6 Å². The molecule has 3 rings (SSSR count). The molecule has 1 spiro atoms. The highest BCUT2D eigenvalue weighted by molar-refractivity contribution is 5.77. The van der Waals surface area contributed by atoms with Crippen LogP contribution in [0.4, 0.5) is 0 Å². The van der Waals surface area contributed by atoms with E-state index in [0.717, 1.165) is 37.4 Å². The zero-order chi connectivity index (χ0) is 17.9. The van der Waals surface area contributed by atoms with Gasteiger partial charge in [0.2, 0.25) is 5.91 Å². The maximum absolute atomic E-state index is 12.4. The molecule has 5 heteroatoms. The highest BCUT2D eigenvalue weighted by Gasteiger charge is 2.41. The van der Waals surface area contributed by atoms with Crippen molar-refractivity contribution in [2.45, 2.75) is 53.0 Å².